The molecule has 0 unspecified atom stereocenters. The molecule has 0 aliphatic heterocycles. The highest BCUT2D eigenvalue weighted by Gasteiger charge is 2.12. The number of methoxy groups -OCH3 is 1. The molecule has 2 N–H and O–H groups in total. The molecule has 5 heteroatoms. The predicted molar refractivity (Wildman–Crippen MR) is 85.0 cm³/mol. The van der Waals surface area contributed by atoms with Crippen LogP contribution in [0, 0.1) is 6.92 Å². The van der Waals surface area contributed by atoms with Gasteiger partial charge in [-0.05, 0) is 49.7 Å². The van der Waals surface area contributed by atoms with E-state index in [1.54, 1.807) is 30.3 Å². The number of hydrogen-bond donors (Lipinski definition) is 2. The largest absolute Gasteiger partial charge is 0.506 e. The van der Waals surface area contributed by atoms with Crippen LogP contribution in [0.5, 0.6) is 17.2 Å². The lowest BCUT2D eigenvalue weighted by molar-refractivity contribution is 0.102. The minimum Gasteiger partial charge on any atom is -0.506 e. The Morgan fingerprint density at radius 1 is 1.18 bits per heavy atom. The number of aromatic hydroxyl groups is 1. The summed E-state index contributed by atoms with van der Waals surface area (Å²) >= 11 is 0. The molecule has 2 aromatic carbocycles. The van der Waals surface area contributed by atoms with Crippen molar-refractivity contribution in [1.29, 1.82) is 0 Å². The summed E-state index contributed by atoms with van der Waals surface area (Å²) in [6.07, 6.45) is 0. The number of anilines is 1. The summed E-state index contributed by atoms with van der Waals surface area (Å²) in [5.41, 5.74) is 1.70. The molecular formula is C17H19NO4. The van der Waals surface area contributed by atoms with Crippen molar-refractivity contribution >= 4 is 11.6 Å². The zero-order valence-electron chi connectivity index (χ0n) is 12.8. The topological polar surface area (TPSA) is 67.8 Å². The van der Waals surface area contributed by atoms with Gasteiger partial charge in [-0.25, -0.2) is 0 Å². The smallest absolute Gasteiger partial charge is 0.255 e. The number of hydrogen-bond acceptors (Lipinski definition) is 4. The standard InChI is InChI=1S/C17H19NO4/c1-4-22-15-8-6-12(10-16(15)21-3)17(20)18-13-7-5-11(2)9-14(13)19/h5-10,19H,4H2,1-3H3,(H,18,20). The number of phenolic OH excluding ortho intramolecular Hbond substituents is 1. The van der Waals surface area contributed by atoms with Gasteiger partial charge in [-0.3, -0.25) is 4.79 Å². The molecule has 0 aromatic heterocycles. The Morgan fingerprint density at radius 3 is 2.59 bits per heavy atom. The van der Waals surface area contributed by atoms with Gasteiger partial charge in [0.2, 0.25) is 0 Å². The van der Waals surface area contributed by atoms with Gasteiger partial charge in [0.1, 0.15) is 5.75 Å². The Balaban J connectivity index is 2.22. The van der Waals surface area contributed by atoms with Gasteiger partial charge in [-0.2, -0.15) is 0 Å². The fourth-order valence-electron chi connectivity index (χ4n) is 2.03. The van der Waals surface area contributed by atoms with E-state index in [1.165, 1.54) is 7.11 Å². The number of carbonyl (C=O) groups is 1. The summed E-state index contributed by atoms with van der Waals surface area (Å²) < 4.78 is 10.6. The van der Waals surface area contributed by atoms with Gasteiger partial charge in [0, 0.05) is 5.56 Å². The van der Waals surface area contributed by atoms with E-state index in [9.17, 15) is 9.90 Å². The van der Waals surface area contributed by atoms with Crippen LogP contribution in [0.2, 0.25) is 0 Å². The van der Waals surface area contributed by atoms with Crippen LogP contribution >= 0.6 is 0 Å². The molecule has 5 nitrogen and oxygen atoms in total. The lowest BCUT2D eigenvalue weighted by atomic mass is 10.1. The van der Waals surface area contributed by atoms with Gasteiger partial charge in [0.15, 0.2) is 11.5 Å². The van der Waals surface area contributed by atoms with Gasteiger partial charge in [-0.1, -0.05) is 6.07 Å². The van der Waals surface area contributed by atoms with Crippen LogP contribution in [-0.4, -0.2) is 24.7 Å². The van der Waals surface area contributed by atoms with Crippen molar-refractivity contribution in [2.75, 3.05) is 19.0 Å². The van der Waals surface area contributed by atoms with Gasteiger partial charge in [0.05, 0.1) is 19.4 Å². The molecule has 2 rings (SSSR count). The minimum atomic E-state index is -0.333. The number of amides is 1. The SMILES string of the molecule is CCOc1ccc(C(=O)Nc2ccc(C)cc2O)cc1OC. The molecule has 2 aromatic rings. The van der Waals surface area contributed by atoms with Gasteiger partial charge in [0.25, 0.3) is 5.91 Å². The van der Waals surface area contributed by atoms with Crippen LogP contribution < -0.4 is 14.8 Å². The van der Waals surface area contributed by atoms with Crippen LogP contribution in [0.15, 0.2) is 36.4 Å². The third-order valence-electron chi connectivity index (χ3n) is 3.13. The maximum atomic E-state index is 12.3. The Morgan fingerprint density at radius 2 is 1.95 bits per heavy atom. The molecule has 0 fully saturated rings. The Kier molecular flexibility index (Phi) is 4.88. The molecule has 0 atom stereocenters. The molecule has 0 bridgehead atoms. The lowest BCUT2D eigenvalue weighted by Crippen LogP contribution is -2.12. The highest BCUT2D eigenvalue weighted by atomic mass is 16.5. The first-order valence-corrected chi connectivity index (χ1v) is 6.97. The second-order valence-electron chi connectivity index (χ2n) is 4.77. The van der Waals surface area contributed by atoms with Crippen molar-refractivity contribution in [3.05, 3.63) is 47.5 Å². The second kappa shape index (κ2) is 6.85. The molecule has 0 aliphatic carbocycles. The van der Waals surface area contributed by atoms with Crippen LogP contribution in [0.3, 0.4) is 0 Å². The minimum absolute atomic E-state index is 0.0336. The summed E-state index contributed by atoms with van der Waals surface area (Å²) in [5, 5.41) is 12.5. The molecule has 0 saturated carbocycles. The lowest BCUT2D eigenvalue weighted by Gasteiger charge is -2.12. The number of phenols is 1. The highest BCUT2D eigenvalue weighted by molar-refractivity contribution is 6.05. The third-order valence-corrected chi connectivity index (χ3v) is 3.13. The maximum Gasteiger partial charge on any atom is 0.255 e. The molecule has 0 saturated heterocycles. The Labute approximate surface area is 129 Å². The van der Waals surface area contributed by atoms with E-state index < -0.39 is 0 Å². The van der Waals surface area contributed by atoms with Crippen molar-refractivity contribution in [2.45, 2.75) is 13.8 Å². The molecule has 22 heavy (non-hydrogen) atoms. The van der Waals surface area contributed by atoms with E-state index in [0.29, 0.717) is 29.4 Å². The Hall–Kier alpha value is -2.69. The Bertz CT molecular complexity index is 682. The quantitative estimate of drug-likeness (QED) is 0.831. The summed E-state index contributed by atoms with van der Waals surface area (Å²) in [7, 11) is 1.52. The monoisotopic (exact) mass is 301 g/mol. The molecular weight excluding hydrogens is 282 g/mol. The first-order valence-electron chi connectivity index (χ1n) is 6.97. The van der Waals surface area contributed by atoms with Crippen molar-refractivity contribution in [3.8, 4) is 17.2 Å². The molecule has 0 aliphatic rings. The molecule has 1 amide bonds. The first-order chi connectivity index (χ1) is 10.5. The van der Waals surface area contributed by atoms with Crippen molar-refractivity contribution in [2.24, 2.45) is 0 Å². The van der Waals surface area contributed by atoms with Crippen LogP contribution in [0.4, 0.5) is 5.69 Å². The van der Waals surface area contributed by atoms with E-state index in [-0.39, 0.29) is 11.7 Å². The van der Waals surface area contributed by atoms with Crippen LogP contribution in [0.25, 0.3) is 0 Å². The van der Waals surface area contributed by atoms with Crippen LogP contribution in [-0.2, 0) is 0 Å². The zero-order chi connectivity index (χ0) is 16.1. The van der Waals surface area contributed by atoms with Crippen molar-refractivity contribution < 1.29 is 19.4 Å². The first kappa shape index (κ1) is 15.7. The van der Waals surface area contributed by atoms with Gasteiger partial charge in [-0.15, -0.1) is 0 Å². The van der Waals surface area contributed by atoms with E-state index in [2.05, 4.69) is 5.32 Å². The van der Waals surface area contributed by atoms with E-state index in [0.717, 1.165) is 5.56 Å². The summed E-state index contributed by atoms with van der Waals surface area (Å²) in [4.78, 5) is 12.3. The average Bonchev–Trinajstić information content (AvgIpc) is 2.50. The fourth-order valence-corrected chi connectivity index (χ4v) is 2.03. The zero-order valence-corrected chi connectivity index (χ0v) is 12.8. The number of aryl methyl sites for hydroxylation is 1. The normalized spacial score (nSPS) is 10.1. The highest BCUT2D eigenvalue weighted by Crippen LogP contribution is 2.29. The summed E-state index contributed by atoms with van der Waals surface area (Å²) in [6, 6.07) is 10.0. The van der Waals surface area contributed by atoms with Gasteiger partial charge >= 0.3 is 0 Å². The average molecular weight is 301 g/mol. The number of nitrogens with one attached hydrogen (secondary N) is 1. The fraction of sp³-hybridized carbons (Fsp3) is 0.235. The van der Waals surface area contributed by atoms with E-state index in [1.807, 2.05) is 19.9 Å². The number of benzene rings is 2. The molecule has 0 spiro atoms. The van der Waals surface area contributed by atoms with E-state index >= 15 is 0 Å². The summed E-state index contributed by atoms with van der Waals surface area (Å²) in [5.74, 6) is 0.772. The van der Waals surface area contributed by atoms with Crippen molar-refractivity contribution in [1.82, 2.24) is 0 Å². The molecule has 0 heterocycles. The molecule has 116 valence electrons. The number of rotatable bonds is 5. The number of ether oxygens (including phenoxy) is 2. The maximum absolute atomic E-state index is 12.3. The predicted octanol–water partition coefficient (Wildman–Crippen LogP) is 3.36. The molecule has 0 radical (unpaired) electrons. The summed E-state index contributed by atoms with van der Waals surface area (Å²) in [6.45, 7) is 4.25. The second-order valence-corrected chi connectivity index (χ2v) is 4.77. The van der Waals surface area contributed by atoms with Crippen LogP contribution in [0.1, 0.15) is 22.8 Å². The van der Waals surface area contributed by atoms with Crippen molar-refractivity contribution in [3.63, 3.8) is 0 Å². The third kappa shape index (κ3) is 3.49. The van der Waals surface area contributed by atoms with Gasteiger partial charge < -0.3 is 19.9 Å². The van der Waals surface area contributed by atoms with E-state index in [4.69, 9.17) is 9.47 Å². The number of carbonyl (C=O) groups excluding carboxylic acids is 1.